The molecule has 3 aromatic heterocycles. The van der Waals surface area contributed by atoms with Crippen LogP contribution < -0.4 is 5.32 Å². The first-order valence-electron chi connectivity index (χ1n) is 11.2. The number of rotatable bonds is 6. The van der Waals surface area contributed by atoms with Crippen LogP contribution in [0.4, 0.5) is 15.9 Å². The number of pyridine rings is 2. The van der Waals surface area contributed by atoms with Gasteiger partial charge >= 0.3 is 0 Å². The third kappa shape index (κ3) is 4.58. The zero-order valence-electron chi connectivity index (χ0n) is 18.8. The van der Waals surface area contributed by atoms with E-state index in [0.717, 1.165) is 42.5 Å². The van der Waals surface area contributed by atoms with Gasteiger partial charge in [0.15, 0.2) is 0 Å². The minimum absolute atomic E-state index is 0.0417. The first-order valence-corrected chi connectivity index (χ1v) is 11.2. The smallest absolute Gasteiger partial charge is 0.148 e. The number of halogens is 1. The predicted octanol–water partition coefficient (Wildman–Crippen LogP) is 4.73. The highest BCUT2D eigenvalue weighted by Gasteiger charge is 2.27. The number of fused-ring (bicyclic) bond motifs is 1. The first kappa shape index (κ1) is 21.5. The number of nitrogens with one attached hydrogen (secondary N) is 1. The molecule has 0 aliphatic carbocycles. The average molecular weight is 447 g/mol. The van der Waals surface area contributed by atoms with Crippen molar-refractivity contribution in [2.75, 3.05) is 32.6 Å². The second kappa shape index (κ2) is 9.25. The highest BCUT2D eigenvalue weighted by Crippen LogP contribution is 2.33. The van der Waals surface area contributed by atoms with Gasteiger partial charge in [-0.05, 0) is 69.2 Å². The summed E-state index contributed by atoms with van der Waals surface area (Å²) < 4.78 is 22.2. The van der Waals surface area contributed by atoms with E-state index in [1.807, 2.05) is 18.2 Å². The third-order valence-electron chi connectivity index (χ3n) is 6.32. The van der Waals surface area contributed by atoms with Gasteiger partial charge < -0.3 is 15.0 Å². The first-order chi connectivity index (χ1) is 16.1. The van der Waals surface area contributed by atoms with Gasteiger partial charge in [0.25, 0.3) is 0 Å². The Balaban J connectivity index is 1.39. The Bertz CT molecular complexity index is 1240. The highest BCUT2D eigenvalue weighted by atomic mass is 19.1. The number of benzene rings is 1. The molecule has 0 spiro atoms. The van der Waals surface area contributed by atoms with Gasteiger partial charge in [-0.15, -0.1) is 0 Å². The van der Waals surface area contributed by atoms with Gasteiger partial charge in [-0.25, -0.2) is 19.0 Å². The Kier molecular flexibility index (Phi) is 6.02. The molecule has 5 rings (SSSR count). The van der Waals surface area contributed by atoms with Crippen molar-refractivity contribution in [3.8, 4) is 5.69 Å². The molecule has 7 nitrogen and oxygen atoms in total. The van der Waals surface area contributed by atoms with E-state index in [2.05, 4.69) is 27.3 Å². The van der Waals surface area contributed by atoms with Gasteiger partial charge in [-0.2, -0.15) is 5.10 Å². The zero-order chi connectivity index (χ0) is 22.8. The van der Waals surface area contributed by atoms with Crippen LogP contribution in [0.5, 0.6) is 0 Å². The quantitative estimate of drug-likeness (QED) is 0.462. The Hall–Kier alpha value is -3.36. The molecular formula is C25H27FN6O. The van der Waals surface area contributed by atoms with Crippen molar-refractivity contribution < 1.29 is 9.13 Å². The fourth-order valence-electron chi connectivity index (χ4n) is 4.45. The van der Waals surface area contributed by atoms with Crippen LogP contribution in [0.25, 0.3) is 16.6 Å². The molecular weight excluding hydrogens is 419 g/mol. The van der Waals surface area contributed by atoms with Crippen LogP contribution in [0.2, 0.25) is 0 Å². The van der Waals surface area contributed by atoms with E-state index in [4.69, 9.17) is 9.72 Å². The predicted molar refractivity (Wildman–Crippen MR) is 126 cm³/mol. The number of likely N-dealkylation sites (tertiary alicyclic amines) is 1. The molecule has 0 bridgehead atoms. The summed E-state index contributed by atoms with van der Waals surface area (Å²) in [6, 6.07) is 12.6. The number of nitrogens with zero attached hydrogens (tertiary/aromatic N) is 5. The molecule has 4 aromatic rings. The van der Waals surface area contributed by atoms with Crippen LogP contribution in [0.1, 0.15) is 24.6 Å². The number of hydrogen-bond donors (Lipinski definition) is 1. The van der Waals surface area contributed by atoms with Crippen molar-refractivity contribution >= 4 is 22.4 Å². The molecule has 170 valence electrons. The number of aromatic nitrogens is 4. The molecule has 1 aliphatic rings. The molecule has 0 unspecified atom stereocenters. The maximum Gasteiger partial charge on any atom is 0.148 e. The molecule has 1 atom stereocenters. The summed E-state index contributed by atoms with van der Waals surface area (Å²) in [6.07, 6.45) is 7.32. The molecule has 0 radical (unpaired) electrons. The van der Waals surface area contributed by atoms with E-state index < -0.39 is 0 Å². The summed E-state index contributed by atoms with van der Waals surface area (Å²) in [5.41, 5.74) is 2.72. The molecule has 33 heavy (non-hydrogen) atoms. The molecule has 8 heteroatoms. The van der Waals surface area contributed by atoms with Gasteiger partial charge in [-0.3, -0.25) is 0 Å². The van der Waals surface area contributed by atoms with Crippen molar-refractivity contribution in [3.63, 3.8) is 0 Å². The summed E-state index contributed by atoms with van der Waals surface area (Å²) in [5, 5.41) is 8.14. The fraction of sp³-hybridized carbons (Fsp3) is 0.320. The van der Waals surface area contributed by atoms with Crippen molar-refractivity contribution in [2.24, 2.45) is 5.92 Å². The van der Waals surface area contributed by atoms with Gasteiger partial charge in [0.05, 0.1) is 22.6 Å². The Morgan fingerprint density at radius 1 is 1.15 bits per heavy atom. The zero-order valence-corrected chi connectivity index (χ0v) is 18.8. The summed E-state index contributed by atoms with van der Waals surface area (Å²) in [5.74, 6) is 0.595. The van der Waals surface area contributed by atoms with Crippen molar-refractivity contribution in [2.45, 2.75) is 18.9 Å². The minimum atomic E-state index is -0.381. The largest absolute Gasteiger partial charge is 0.375 e. The van der Waals surface area contributed by atoms with Crippen molar-refractivity contribution in [3.05, 3.63) is 72.6 Å². The maximum absolute atomic E-state index is 14.7. The second-order valence-electron chi connectivity index (χ2n) is 8.54. The van der Waals surface area contributed by atoms with E-state index in [1.165, 1.54) is 6.07 Å². The topological polar surface area (TPSA) is 68.1 Å². The minimum Gasteiger partial charge on any atom is -0.375 e. The third-order valence-corrected chi connectivity index (χ3v) is 6.32. The number of anilines is 2. The van der Waals surface area contributed by atoms with Crippen molar-refractivity contribution in [1.29, 1.82) is 0 Å². The summed E-state index contributed by atoms with van der Waals surface area (Å²) >= 11 is 0. The molecule has 1 aromatic carbocycles. The summed E-state index contributed by atoms with van der Waals surface area (Å²) in [6.45, 7) is 2.14. The van der Waals surface area contributed by atoms with Crippen LogP contribution in [0, 0.1) is 11.7 Å². The maximum atomic E-state index is 14.7. The monoisotopic (exact) mass is 446 g/mol. The van der Waals surface area contributed by atoms with E-state index >= 15 is 0 Å². The Labute approximate surface area is 192 Å². The van der Waals surface area contributed by atoms with Gasteiger partial charge in [-0.1, -0.05) is 0 Å². The lowest BCUT2D eigenvalue weighted by atomic mass is 9.89. The Morgan fingerprint density at radius 2 is 2.00 bits per heavy atom. The molecule has 1 N–H and O–H groups in total. The molecule has 1 saturated heterocycles. The number of methoxy groups -OCH3 is 1. The average Bonchev–Trinajstić information content (AvgIpc) is 3.37. The van der Waals surface area contributed by atoms with E-state index in [1.54, 1.807) is 48.6 Å². The van der Waals surface area contributed by atoms with E-state index in [-0.39, 0.29) is 11.9 Å². The van der Waals surface area contributed by atoms with Crippen LogP contribution in [-0.2, 0) is 4.74 Å². The lowest BCUT2D eigenvalue weighted by molar-refractivity contribution is 0.0215. The SMILES string of the molecule is CO[C@H](c1ccc2cnc(Nc3ccc(-n4cccn4)cc3F)cc2n1)C1CCN(C)CC1. The summed E-state index contributed by atoms with van der Waals surface area (Å²) in [7, 11) is 3.91. The second-order valence-corrected chi connectivity index (χ2v) is 8.54. The van der Waals surface area contributed by atoms with Gasteiger partial charge in [0.2, 0.25) is 0 Å². The number of ether oxygens (including phenoxy) is 1. The molecule has 0 amide bonds. The Morgan fingerprint density at radius 3 is 2.73 bits per heavy atom. The molecule has 4 heterocycles. The van der Waals surface area contributed by atoms with E-state index in [0.29, 0.717) is 23.1 Å². The van der Waals surface area contributed by atoms with Gasteiger partial charge in [0, 0.05) is 43.2 Å². The van der Waals surface area contributed by atoms with Crippen LogP contribution >= 0.6 is 0 Å². The normalized spacial score (nSPS) is 16.2. The van der Waals surface area contributed by atoms with Crippen LogP contribution in [0.3, 0.4) is 0 Å². The van der Waals surface area contributed by atoms with Crippen molar-refractivity contribution in [1.82, 2.24) is 24.6 Å². The molecule has 1 fully saturated rings. The van der Waals surface area contributed by atoms with Crippen LogP contribution in [0.15, 0.2) is 61.1 Å². The van der Waals surface area contributed by atoms with Gasteiger partial charge in [0.1, 0.15) is 17.7 Å². The number of piperidine rings is 1. The standard InChI is InChI=1S/C25H27FN6O/c1-31-12-8-17(9-13-31)25(33-2)22-6-4-18-16-27-24(15-23(18)29-22)30-21-7-5-19(14-20(21)26)32-11-3-10-28-32/h3-7,10-11,14-17,25H,8-9,12-13H2,1-2H3,(H,27,30)/t25-/m0/s1. The highest BCUT2D eigenvalue weighted by molar-refractivity contribution is 5.81. The number of hydrogen-bond acceptors (Lipinski definition) is 6. The molecule has 0 saturated carbocycles. The summed E-state index contributed by atoms with van der Waals surface area (Å²) in [4.78, 5) is 11.7. The lowest BCUT2D eigenvalue weighted by Crippen LogP contribution is -2.33. The van der Waals surface area contributed by atoms with Crippen LogP contribution in [-0.4, -0.2) is 51.9 Å². The fourth-order valence-corrected chi connectivity index (χ4v) is 4.45. The molecule has 1 aliphatic heterocycles. The van der Waals surface area contributed by atoms with E-state index in [9.17, 15) is 4.39 Å². The lowest BCUT2D eigenvalue weighted by Gasteiger charge is -2.33.